The summed E-state index contributed by atoms with van der Waals surface area (Å²) in [6.07, 6.45) is 1.77. The molecule has 3 nitrogen and oxygen atoms in total. The van der Waals surface area contributed by atoms with Gasteiger partial charge in [-0.05, 0) is 89.5 Å². The van der Waals surface area contributed by atoms with Gasteiger partial charge < -0.3 is 9.47 Å². The van der Waals surface area contributed by atoms with Crippen molar-refractivity contribution in [2.24, 2.45) is 4.99 Å². The van der Waals surface area contributed by atoms with E-state index < -0.39 is 0 Å². The van der Waals surface area contributed by atoms with E-state index in [9.17, 15) is 4.39 Å². The quantitative estimate of drug-likeness (QED) is 0.244. The second kappa shape index (κ2) is 10.1. The van der Waals surface area contributed by atoms with Crippen LogP contribution in [0, 0.1) is 16.3 Å². The van der Waals surface area contributed by atoms with Gasteiger partial charge in [-0.1, -0.05) is 29.8 Å². The van der Waals surface area contributed by atoms with Crippen molar-refractivity contribution < 1.29 is 13.9 Å². The third kappa shape index (κ3) is 5.93. The number of hydrogen-bond donors (Lipinski definition) is 0. The van der Waals surface area contributed by atoms with Crippen LogP contribution < -0.4 is 9.47 Å². The second-order valence-corrected chi connectivity index (χ2v) is 7.94. The van der Waals surface area contributed by atoms with E-state index in [2.05, 4.69) is 27.6 Å². The van der Waals surface area contributed by atoms with Crippen molar-refractivity contribution in [2.45, 2.75) is 20.5 Å². The minimum atomic E-state index is -0.284. The maximum atomic E-state index is 13.4. The Morgan fingerprint density at radius 3 is 2.66 bits per heavy atom. The Kier molecular flexibility index (Phi) is 7.50. The highest BCUT2D eigenvalue weighted by atomic mass is 127. The van der Waals surface area contributed by atoms with Crippen LogP contribution in [0.5, 0.6) is 11.5 Å². The smallest absolute Gasteiger partial charge is 0.175 e. The van der Waals surface area contributed by atoms with Crippen molar-refractivity contribution in [3.8, 4) is 11.5 Å². The molecular formula is C23H20ClFINO2. The SMILES string of the molecule is CCOc1cc(C=Nc2ccc(C)c(Cl)c2)cc(I)c1OCc1cccc(F)c1. The van der Waals surface area contributed by atoms with Crippen LogP contribution in [0.4, 0.5) is 10.1 Å². The fraction of sp³-hybridized carbons (Fsp3) is 0.174. The second-order valence-electron chi connectivity index (χ2n) is 6.37. The lowest BCUT2D eigenvalue weighted by molar-refractivity contribution is 0.267. The Balaban J connectivity index is 1.83. The van der Waals surface area contributed by atoms with Crippen LogP contribution >= 0.6 is 34.2 Å². The van der Waals surface area contributed by atoms with Crippen molar-refractivity contribution in [3.63, 3.8) is 0 Å². The van der Waals surface area contributed by atoms with Crippen molar-refractivity contribution in [1.29, 1.82) is 0 Å². The van der Waals surface area contributed by atoms with Crippen LogP contribution in [0.1, 0.15) is 23.6 Å². The van der Waals surface area contributed by atoms with E-state index >= 15 is 0 Å². The highest BCUT2D eigenvalue weighted by Crippen LogP contribution is 2.35. The highest BCUT2D eigenvalue weighted by molar-refractivity contribution is 14.1. The van der Waals surface area contributed by atoms with E-state index in [4.69, 9.17) is 21.1 Å². The van der Waals surface area contributed by atoms with Gasteiger partial charge in [-0.2, -0.15) is 0 Å². The Morgan fingerprint density at radius 2 is 1.93 bits per heavy atom. The average Bonchev–Trinajstić information content (AvgIpc) is 2.68. The van der Waals surface area contributed by atoms with Gasteiger partial charge in [0.25, 0.3) is 0 Å². The predicted octanol–water partition coefficient (Wildman–Crippen LogP) is 7.12. The van der Waals surface area contributed by atoms with Gasteiger partial charge in [-0.15, -0.1) is 0 Å². The first kappa shape index (κ1) is 21.6. The van der Waals surface area contributed by atoms with Gasteiger partial charge in [0.05, 0.1) is 15.9 Å². The summed E-state index contributed by atoms with van der Waals surface area (Å²) >= 11 is 8.37. The Morgan fingerprint density at radius 1 is 1.10 bits per heavy atom. The molecule has 29 heavy (non-hydrogen) atoms. The molecule has 0 saturated heterocycles. The molecule has 0 saturated carbocycles. The van der Waals surface area contributed by atoms with E-state index in [1.165, 1.54) is 12.1 Å². The first-order valence-electron chi connectivity index (χ1n) is 9.10. The van der Waals surface area contributed by atoms with Crippen molar-refractivity contribution >= 4 is 46.1 Å². The third-order valence-corrected chi connectivity index (χ3v) is 5.33. The Hall–Kier alpha value is -2.12. The standard InChI is InChI=1S/C23H20ClFINO2/c1-3-28-22-11-17(13-27-19-8-7-15(2)20(24)12-19)10-21(26)23(22)29-14-16-5-4-6-18(25)9-16/h4-13H,3,14H2,1-2H3. The summed E-state index contributed by atoms with van der Waals surface area (Å²) in [7, 11) is 0. The fourth-order valence-corrected chi connectivity index (χ4v) is 3.61. The minimum absolute atomic E-state index is 0.253. The summed E-state index contributed by atoms with van der Waals surface area (Å²) in [5, 5.41) is 0.685. The lowest BCUT2D eigenvalue weighted by atomic mass is 10.2. The van der Waals surface area contributed by atoms with Gasteiger partial charge in [0.2, 0.25) is 0 Å². The van der Waals surface area contributed by atoms with Crippen molar-refractivity contribution in [3.05, 3.63) is 85.7 Å². The highest BCUT2D eigenvalue weighted by Gasteiger charge is 2.12. The number of halogens is 3. The zero-order valence-electron chi connectivity index (χ0n) is 16.1. The van der Waals surface area contributed by atoms with Crippen LogP contribution in [0.2, 0.25) is 5.02 Å². The first-order chi connectivity index (χ1) is 14.0. The first-order valence-corrected chi connectivity index (χ1v) is 10.6. The maximum absolute atomic E-state index is 13.4. The molecule has 0 N–H and O–H groups in total. The van der Waals surface area contributed by atoms with Crippen LogP contribution in [-0.2, 0) is 6.61 Å². The van der Waals surface area contributed by atoms with Gasteiger partial charge in [0.15, 0.2) is 11.5 Å². The zero-order valence-corrected chi connectivity index (χ0v) is 19.0. The normalized spacial score (nSPS) is 11.1. The largest absolute Gasteiger partial charge is 0.490 e. The predicted molar refractivity (Wildman–Crippen MR) is 125 cm³/mol. The maximum Gasteiger partial charge on any atom is 0.175 e. The molecule has 0 aliphatic rings. The molecule has 0 fully saturated rings. The van der Waals surface area contributed by atoms with Gasteiger partial charge in [0.1, 0.15) is 12.4 Å². The number of hydrogen-bond acceptors (Lipinski definition) is 3. The molecule has 0 radical (unpaired) electrons. The van der Waals surface area contributed by atoms with Gasteiger partial charge in [-0.25, -0.2) is 4.39 Å². The van der Waals surface area contributed by atoms with Gasteiger partial charge in [-0.3, -0.25) is 4.99 Å². The third-order valence-electron chi connectivity index (χ3n) is 4.12. The summed E-state index contributed by atoms with van der Waals surface area (Å²) in [5.41, 5.74) is 3.43. The fourth-order valence-electron chi connectivity index (χ4n) is 2.66. The molecular weight excluding hydrogens is 504 g/mol. The van der Waals surface area contributed by atoms with Crippen LogP contribution in [-0.4, -0.2) is 12.8 Å². The molecule has 0 aliphatic carbocycles. The van der Waals surface area contributed by atoms with Gasteiger partial charge in [0, 0.05) is 11.2 Å². The van der Waals surface area contributed by atoms with Crippen molar-refractivity contribution in [2.75, 3.05) is 6.61 Å². The Bertz CT molecular complexity index is 1040. The van der Waals surface area contributed by atoms with E-state index in [0.29, 0.717) is 23.1 Å². The van der Waals surface area contributed by atoms with Crippen molar-refractivity contribution in [1.82, 2.24) is 0 Å². The van der Waals surface area contributed by atoms with E-state index in [1.54, 1.807) is 12.3 Å². The van der Waals surface area contributed by atoms with Gasteiger partial charge >= 0.3 is 0 Å². The van der Waals surface area contributed by atoms with E-state index in [1.807, 2.05) is 50.2 Å². The number of benzene rings is 3. The molecule has 0 spiro atoms. The van der Waals surface area contributed by atoms with E-state index in [0.717, 1.165) is 25.9 Å². The zero-order chi connectivity index (χ0) is 20.8. The van der Waals surface area contributed by atoms with Crippen LogP contribution in [0.25, 0.3) is 0 Å². The van der Waals surface area contributed by atoms with Crippen LogP contribution in [0.15, 0.2) is 59.6 Å². The number of aliphatic imine (C=N–C) groups is 1. The summed E-state index contributed by atoms with van der Waals surface area (Å²) in [4.78, 5) is 4.50. The molecule has 6 heteroatoms. The average molecular weight is 524 g/mol. The molecule has 0 amide bonds. The molecule has 3 rings (SSSR count). The lowest BCUT2D eigenvalue weighted by Gasteiger charge is -2.15. The Labute approximate surface area is 188 Å². The number of nitrogens with zero attached hydrogens (tertiary/aromatic N) is 1. The summed E-state index contributed by atoms with van der Waals surface area (Å²) in [6, 6.07) is 15.9. The number of aryl methyl sites for hydroxylation is 1. The minimum Gasteiger partial charge on any atom is -0.490 e. The summed E-state index contributed by atoms with van der Waals surface area (Å²) in [5.74, 6) is 0.972. The molecule has 150 valence electrons. The molecule has 3 aromatic rings. The monoisotopic (exact) mass is 523 g/mol. The topological polar surface area (TPSA) is 30.8 Å². The van der Waals surface area contributed by atoms with E-state index in [-0.39, 0.29) is 12.4 Å². The molecule has 3 aromatic carbocycles. The van der Waals surface area contributed by atoms with Crippen LogP contribution in [0.3, 0.4) is 0 Å². The molecule has 0 unspecified atom stereocenters. The molecule has 0 atom stereocenters. The number of ether oxygens (including phenoxy) is 2. The molecule has 0 aliphatic heterocycles. The molecule has 0 heterocycles. The summed E-state index contributed by atoms with van der Waals surface area (Å²) in [6.45, 7) is 4.62. The summed E-state index contributed by atoms with van der Waals surface area (Å²) < 4.78 is 26.0. The molecule has 0 bridgehead atoms. The molecule has 0 aromatic heterocycles. The lowest BCUT2D eigenvalue weighted by Crippen LogP contribution is -2.02. The number of rotatable bonds is 7.